The monoisotopic (exact) mass is 365 g/mol. The zero-order valence-electron chi connectivity index (χ0n) is 15.0. The van der Waals surface area contributed by atoms with Crippen molar-refractivity contribution >= 4 is 23.3 Å². The average molecular weight is 365 g/mol. The summed E-state index contributed by atoms with van der Waals surface area (Å²) < 4.78 is 0. The van der Waals surface area contributed by atoms with E-state index in [1.807, 2.05) is 65.6 Å². The van der Waals surface area contributed by atoms with Gasteiger partial charge in [-0.2, -0.15) is 0 Å². The smallest absolute Gasteiger partial charge is 0.285 e. The Morgan fingerprint density at radius 2 is 1.56 bits per heavy atom. The molecule has 1 unspecified atom stereocenters. The lowest BCUT2D eigenvalue weighted by Gasteiger charge is -2.42. The summed E-state index contributed by atoms with van der Waals surface area (Å²) in [5, 5.41) is 0. The molecule has 1 heterocycles. The maximum atomic E-state index is 12.8. The number of carbonyl (C=O) groups excluding carboxylic acids is 3. The van der Waals surface area contributed by atoms with Gasteiger partial charge in [0.1, 0.15) is 5.54 Å². The van der Waals surface area contributed by atoms with Crippen molar-refractivity contribution in [3.05, 3.63) is 66.2 Å². The van der Waals surface area contributed by atoms with Crippen molar-refractivity contribution in [1.29, 1.82) is 0 Å². The molecule has 4 N–H and O–H groups in total. The molecule has 6 heteroatoms. The van der Waals surface area contributed by atoms with Crippen LogP contribution in [0.25, 0.3) is 0 Å². The second-order valence-electron chi connectivity index (χ2n) is 6.85. The first-order valence-electron chi connectivity index (χ1n) is 8.97. The molecule has 2 atom stereocenters. The van der Waals surface area contributed by atoms with Crippen LogP contribution in [0.1, 0.15) is 18.4 Å². The van der Waals surface area contributed by atoms with Crippen molar-refractivity contribution in [3.8, 4) is 0 Å². The van der Waals surface area contributed by atoms with E-state index in [1.165, 1.54) is 0 Å². The molecular weight excluding hydrogens is 342 g/mol. The fraction of sp³-hybridized carbons (Fsp3) is 0.286. The van der Waals surface area contributed by atoms with Crippen molar-refractivity contribution in [2.45, 2.75) is 24.8 Å². The number of primary amides is 2. The van der Waals surface area contributed by atoms with Gasteiger partial charge in [-0.3, -0.25) is 14.4 Å². The van der Waals surface area contributed by atoms with Crippen LogP contribution in [0.2, 0.25) is 0 Å². The Balaban J connectivity index is 2.11. The molecule has 140 valence electrons. The van der Waals surface area contributed by atoms with Gasteiger partial charge in [0.15, 0.2) is 0 Å². The molecule has 0 spiro atoms. The van der Waals surface area contributed by atoms with Crippen LogP contribution in [0.3, 0.4) is 0 Å². The number of anilines is 1. The van der Waals surface area contributed by atoms with E-state index in [2.05, 4.69) is 0 Å². The highest BCUT2D eigenvalue weighted by atomic mass is 16.2. The molecule has 1 fully saturated rings. The third-order valence-corrected chi connectivity index (χ3v) is 5.33. The highest BCUT2D eigenvalue weighted by Crippen LogP contribution is 2.41. The summed E-state index contributed by atoms with van der Waals surface area (Å²) in [7, 11) is 0. The predicted octanol–water partition coefficient (Wildman–Crippen LogP) is 1.42. The molecular formula is C21H23N3O3. The van der Waals surface area contributed by atoms with E-state index in [0.29, 0.717) is 19.4 Å². The number of amides is 2. The Bertz CT molecular complexity index is 838. The summed E-state index contributed by atoms with van der Waals surface area (Å²) in [5.41, 5.74) is 11.6. The molecule has 2 aromatic carbocycles. The zero-order chi connectivity index (χ0) is 19.4. The van der Waals surface area contributed by atoms with E-state index >= 15 is 0 Å². The number of hydrogen-bond acceptors (Lipinski definition) is 4. The van der Waals surface area contributed by atoms with E-state index in [9.17, 15) is 14.4 Å². The van der Waals surface area contributed by atoms with E-state index in [0.717, 1.165) is 11.3 Å². The Kier molecular flexibility index (Phi) is 5.26. The Morgan fingerprint density at radius 3 is 2.11 bits per heavy atom. The molecule has 1 aliphatic rings. The first kappa shape index (κ1) is 18.6. The average Bonchev–Trinajstić information content (AvgIpc) is 3.13. The van der Waals surface area contributed by atoms with Crippen molar-refractivity contribution in [2.24, 2.45) is 17.4 Å². The van der Waals surface area contributed by atoms with Gasteiger partial charge in [-0.1, -0.05) is 48.5 Å². The number of carbonyl (C=O) groups is 3. The van der Waals surface area contributed by atoms with Crippen molar-refractivity contribution in [2.75, 3.05) is 11.4 Å². The Labute approximate surface area is 158 Å². The topological polar surface area (TPSA) is 106 Å². The molecule has 2 amide bonds. The van der Waals surface area contributed by atoms with Gasteiger partial charge in [-0.05, 0) is 37.0 Å². The number of rotatable bonds is 7. The van der Waals surface area contributed by atoms with Crippen LogP contribution >= 0.6 is 0 Å². The number of ketones is 1. The maximum absolute atomic E-state index is 12.8. The minimum absolute atomic E-state index is 0.217. The predicted molar refractivity (Wildman–Crippen MR) is 103 cm³/mol. The number of para-hydroxylation sites is 1. The lowest BCUT2D eigenvalue weighted by Crippen LogP contribution is -2.62. The van der Waals surface area contributed by atoms with Crippen LogP contribution in [0.15, 0.2) is 60.7 Å². The van der Waals surface area contributed by atoms with Crippen LogP contribution in [-0.2, 0) is 20.8 Å². The molecule has 0 radical (unpaired) electrons. The number of hydrogen-bond donors (Lipinski definition) is 2. The summed E-state index contributed by atoms with van der Waals surface area (Å²) in [6.07, 6.45) is 1.30. The van der Waals surface area contributed by atoms with Gasteiger partial charge in [0, 0.05) is 12.2 Å². The number of nitrogens with two attached hydrogens (primary N) is 2. The summed E-state index contributed by atoms with van der Waals surface area (Å²) in [6, 6.07) is 18.6. The fourth-order valence-corrected chi connectivity index (χ4v) is 4.10. The highest BCUT2D eigenvalue weighted by Gasteiger charge is 2.55. The molecule has 2 aromatic rings. The Hall–Kier alpha value is -3.15. The largest absolute Gasteiger partial charge is 0.368 e. The van der Waals surface area contributed by atoms with Crippen LogP contribution in [-0.4, -0.2) is 29.7 Å². The molecule has 27 heavy (non-hydrogen) atoms. The van der Waals surface area contributed by atoms with Crippen LogP contribution in [0, 0.1) is 5.92 Å². The molecule has 3 rings (SSSR count). The van der Waals surface area contributed by atoms with Gasteiger partial charge in [-0.15, -0.1) is 0 Å². The van der Waals surface area contributed by atoms with Crippen LogP contribution in [0.5, 0.6) is 0 Å². The van der Waals surface area contributed by atoms with Crippen molar-refractivity contribution in [3.63, 3.8) is 0 Å². The molecule has 0 bridgehead atoms. The van der Waals surface area contributed by atoms with E-state index in [1.54, 1.807) is 0 Å². The normalized spacial score (nSPS) is 20.2. The molecule has 0 saturated carbocycles. The summed E-state index contributed by atoms with van der Waals surface area (Å²) in [4.78, 5) is 39.2. The van der Waals surface area contributed by atoms with Gasteiger partial charge in [-0.25, -0.2) is 0 Å². The molecule has 0 aliphatic carbocycles. The zero-order valence-corrected chi connectivity index (χ0v) is 15.0. The maximum Gasteiger partial charge on any atom is 0.285 e. The van der Waals surface area contributed by atoms with E-state index in [-0.39, 0.29) is 6.42 Å². The van der Waals surface area contributed by atoms with Crippen LogP contribution in [0.4, 0.5) is 5.69 Å². The molecule has 6 nitrogen and oxygen atoms in total. The first-order chi connectivity index (χ1) is 13.0. The third kappa shape index (κ3) is 3.43. The number of nitrogens with zero attached hydrogens (tertiary/aromatic N) is 1. The van der Waals surface area contributed by atoms with Gasteiger partial charge < -0.3 is 16.4 Å². The molecule has 0 aromatic heterocycles. The van der Waals surface area contributed by atoms with E-state index < -0.39 is 29.1 Å². The SMILES string of the molecule is NC(=O)C(=O)[C@@H](Cc1ccccc1)C1(C(N)=O)CCCN1c1ccccc1. The minimum atomic E-state index is -1.29. The van der Waals surface area contributed by atoms with Crippen molar-refractivity contribution < 1.29 is 14.4 Å². The standard InChI is InChI=1S/C21H23N3O3/c22-19(26)18(25)17(14-15-8-3-1-4-9-15)21(20(23)27)12-7-13-24(21)16-10-5-2-6-11-16/h1-6,8-11,17H,7,12-14H2,(H2,22,26)(H2,23,27)/t17-,21?/m1/s1. The second kappa shape index (κ2) is 7.61. The summed E-state index contributed by atoms with van der Waals surface area (Å²) in [5.74, 6) is -3.37. The fourth-order valence-electron chi connectivity index (χ4n) is 4.10. The minimum Gasteiger partial charge on any atom is -0.368 e. The van der Waals surface area contributed by atoms with Crippen LogP contribution < -0.4 is 16.4 Å². The quantitative estimate of drug-likeness (QED) is 0.724. The number of Topliss-reactive ketones (excluding diaryl/α,β-unsaturated/α-hetero) is 1. The van der Waals surface area contributed by atoms with Gasteiger partial charge in [0.2, 0.25) is 11.7 Å². The molecule has 1 aliphatic heterocycles. The lowest BCUT2D eigenvalue weighted by atomic mass is 9.74. The summed E-state index contributed by atoms with van der Waals surface area (Å²) >= 11 is 0. The van der Waals surface area contributed by atoms with Crippen molar-refractivity contribution in [1.82, 2.24) is 0 Å². The van der Waals surface area contributed by atoms with Gasteiger partial charge >= 0.3 is 0 Å². The highest BCUT2D eigenvalue weighted by molar-refractivity contribution is 6.37. The van der Waals surface area contributed by atoms with E-state index in [4.69, 9.17) is 11.5 Å². The molecule has 1 saturated heterocycles. The van der Waals surface area contributed by atoms with Gasteiger partial charge in [0.25, 0.3) is 5.91 Å². The second-order valence-corrected chi connectivity index (χ2v) is 6.85. The Morgan fingerprint density at radius 1 is 0.963 bits per heavy atom. The summed E-state index contributed by atoms with van der Waals surface area (Å²) in [6.45, 7) is 0.574. The number of benzene rings is 2. The lowest BCUT2D eigenvalue weighted by molar-refractivity contribution is -0.142. The van der Waals surface area contributed by atoms with Gasteiger partial charge in [0.05, 0.1) is 5.92 Å². The first-order valence-corrected chi connectivity index (χ1v) is 8.97. The third-order valence-electron chi connectivity index (χ3n) is 5.33.